The van der Waals surface area contributed by atoms with Crippen LogP contribution in [0.5, 0.6) is 0 Å². The molecule has 4 rings (SSSR count). The number of amides is 1. The Morgan fingerprint density at radius 2 is 2.00 bits per heavy atom. The molecule has 128 valence electrons. The molecule has 1 atom stereocenters. The number of β-amino-alcohol motifs (C(OH)–C–C–N with tert-alkyl or cyclic N) is 1. The molecule has 0 radical (unpaired) electrons. The molecule has 1 unspecified atom stereocenters. The largest absolute Gasteiger partial charge is 0.451 e. The summed E-state index contributed by atoms with van der Waals surface area (Å²) >= 11 is 0. The number of nitrogens with zero attached hydrogens (tertiary/aromatic N) is 2. The van der Waals surface area contributed by atoms with E-state index in [-0.39, 0.29) is 5.91 Å². The van der Waals surface area contributed by atoms with Crippen molar-refractivity contribution in [2.45, 2.75) is 31.8 Å². The number of hydrogen-bond acceptors (Lipinski definition) is 4. The first-order chi connectivity index (χ1) is 11.6. The standard InChI is InChI=1S/C19H24N2O3/c1-14-15-6-2-3-7-16(15)24-17(14)18(22)21-11-8-19(23,13-21)12-20-9-4-5-10-20/h2-3,6-7,23H,4-5,8-13H2,1H3. The number of likely N-dealkylation sites (tertiary alicyclic amines) is 2. The third-order valence-corrected chi connectivity index (χ3v) is 5.37. The second kappa shape index (κ2) is 5.90. The van der Waals surface area contributed by atoms with Gasteiger partial charge in [-0.15, -0.1) is 0 Å². The van der Waals surface area contributed by atoms with Crippen LogP contribution in [0.25, 0.3) is 11.0 Å². The zero-order valence-corrected chi connectivity index (χ0v) is 14.1. The molecule has 0 saturated carbocycles. The number of carbonyl (C=O) groups is 1. The number of para-hydroxylation sites is 1. The van der Waals surface area contributed by atoms with Crippen molar-refractivity contribution in [1.29, 1.82) is 0 Å². The van der Waals surface area contributed by atoms with Crippen LogP contribution in [0.1, 0.15) is 35.4 Å². The summed E-state index contributed by atoms with van der Waals surface area (Å²) in [7, 11) is 0. The fraction of sp³-hybridized carbons (Fsp3) is 0.526. The molecule has 1 aromatic heterocycles. The summed E-state index contributed by atoms with van der Waals surface area (Å²) in [4.78, 5) is 16.9. The average Bonchev–Trinajstić information content (AvgIpc) is 3.28. The summed E-state index contributed by atoms with van der Waals surface area (Å²) in [6.45, 7) is 5.66. The molecule has 2 fully saturated rings. The highest BCUT2D eigenvalue weighted by molar-refractivity contribution is 5.99. The number of hydrogen-bond donors (Lipinski definition) is 1. The smallest absolute Gasteiger partial charge is 0.289 e. The van der Waals surface area contributed by atoms with Crippen molar-refractivity contribution >= 4 is 16.9 Å². The van der Waals surface area contributed by atoms with Crippen molar-refractivity contribution in [2.75, 3.05) is 32.7 Å². The predicted octanol–water partition coefficient (Wildman–Crippen LogP) is 2.41. The summed E-state index contributed by atoms with van der Waals surface area (Å²) in [6, 6.07) is 7.71. The maximum atomic E-state index is 12.9. The molecule has 0 spiro atoms. The topological polar surface area (TPSA) is 56.9 Å². The summed E-state index contributed by atoms with van der Waals surface area (Å²) in [6.07, 6.45) is 3.04. The first-order valence-corrected chi connectivity index (χ1v) is 8.78. The highest BCUT2D eigenvalue weighted by Gasteiger charge is 2.41. The maximum absolute atomic E-state index is 12.9. The number of aryl methyl sites for hydroxylation is 1. The SMILES string of the molecule is Cc1c(C(=O)N2CCC(O)(CN3CCCC3)C2)oc2ccccc12. The van der Waals surface area contributed by atoms with Crippen molar-refractivity contribution in [3.05, 3.63) is 35.6 Å². The molecule has 5 heteroatoms. The van der Waals surface area contributed by atoms with Gasteiger partial charge in [-0.05, 0) is 45.3 Å². The number of benzene rings is 1. The Labute approximate surface area is 141 Å². The van der Waals surface area contributed by atoms with Gasteiger partial charge in [-0.25, -0.2) is 0 Å². The number of rotatable bonds is 3. The molecule has 1 amide bonds. The Balaban J connectivity index is 1.51. The third-order valence-electron chi connectivity index (χ3n) is 5.37. The van der Waals surface area contributed by atoms with Gasteiger partial charge < -0.3 is 19.3 Å². The number of fused-ring (bicyclic) bond motifs is 1. The highest BCUT2D eigenvalue weighted by atomic mass is 16.3. The summed E-state index contributed by atoms with van der Waals surface area (Å²) in [5.41, 5.74) is 0.829. The molecule has 2 saturated heterocycles. The number of carbonyl (C=O) groups excluding carboxylic acids is 1. The lowest BCUT2D eigenvalue weighted by molar-refractivity contribution is 0.0171. The number of furan rings is 1. The van der Waals surface area contributed by atoms with Crippen LogP contribution in [0, 0.1) is 6.92 Å². The minimum atomic E-state index is -0.792. The average molecular weight is 328 g/mol. The van der Waals surface area contributed by atoms with E-state index in [2.05, 4.69) is 4.90 Å². The van der Waals surface area contributed by atoms with E-state index in [1.807, 2.05) is 31.2 Å². The van der Waals surface area contributed by atoms with E-state index >= 15 is 0 Å². The van der Waals surface area contributed by atoms with E-state index in [1.54, 1.807) is 4.90 Å². The van der Waals surface area contributed by atoms with Crippen molar-refractivity contribution in [3.8, 4) is 0 Å². The van der Waals surface area contributed by atoms with E-state index in [1.165, 1.54) is 12.8 Å². The summed E-state index contributed by atoms with van der Waals surface area (Å²) in [5.74, 6) is 0.294. The Kier molecular flexibility index (Phi) is 3.85. The second-order valence-corrected chi connectivity index (χ2v) is 7.24. The molecule has 2 aromatic rings. The lowest BCUT2D eigenvalue weighted by atomic mass is 10.0. The van der Waals surface area contributed by atoms with Crippen LogP contribution in [0.3, 0.4) is 0 Å². The lowest BCUT2D eigenvalue weighted by Crippen LogP contribution is -2.45. The van der Waals surface area contributed by atoms with Gasteiger partial charge in [0.15, 0.2) is 5.76 Å². The maximum Gasteiger partial charge on any atom is 0.289 e. The molecule has 2 aliphatic rings. The van der Waals surface area contributed by atoms with Gasteiger partial charge in [0.25, 0.3) is 5.91 Å². The van der Waals surface area contributed by atoms with E-state index in [4.69, 9.17) is 4.42 Å². The van der Waals surface area contributed by atoms with Gasteiger partial charge in [0.1, 0.15) is 5.58 Å². The first kappa shape index (κ1) is 15.7. The summed E-state index contributed by atoms with van der Waals surface area (Å²) < 4.78 is 5.79. The van der Waals surface area contributed by atoms with Crippen molar-refractivity contribution in [3.63, 3.8) is 0 Å². The molecule has 1 N–H and O–H groups in total. The van der Waals surface area contributed by atoms with E-state index in [0.717, 1.165) is 29.6 Å². The molecule has 1 aromatic carbocycles. The van der Waals surface area contributed by atoms with Crippen LogP contribution in [0.15, 0.2) is 28.7 Å². The zero-order valence-electron chi connectivity index (χ0n) is 14.1. The summed E-state index contributed by atoms with van der Waals surface area (Å²) in [5, 5.41) is 11.8. The Morgan fingerprint density at radius 3 is 2.75 bits per heavy atom. The van der Waals surface area contributed by atoms with Crippen LogP contribution in [0.4, 0.5) is 0 Å². The Morgan fingerprint density at radius 1 is 1.25 bits per heavy atom. The van der Waals surface area contributed by atoms with Gasteiger partial charge in [-0.3, -0.25) is 4.79 Å². The first-order valence-electron chi connectivity index (χ1n) is 8.78. The van der Waals surface area contributed by atoms with Crippen LogP contribution >= 0.6 is 0 Å². The van der Waals surface area contributed by atoms with Gasteiger partial charge in [0, 0.05) is 24.0 Å². The van der Waals surface area contributed by atoms with Crippen molar-refractivity contribution in [1.82, 2.24) is 9.80 Å². The zero-order chi connectivity index (χ0) is 16.7. The van der Waals surface area contributed by atoms with Crippen LogP contribution in [-0.2, 0) is 0 Å². The molecule has 2 aliphatic heterocycles. The van der Waals surface area contributed by atoms with Gasteiger partial charge >= 0.3 is 0 Å². The molecular weight excluding hydrogens is 304 g/mol. The van der Waals surface area contributed by atoms with E-state index in [0.29, 0.717) is 31.8 Å². The molecule has 0 aliphatic carbocycles. The second-order valence-electron chi connectivity index (χ2n) is 7.24. The molecule has 5 nitrogen and oxygen atoms in total. The van der Waals surface area contributed by atoms with Crippen molar-refractivity contribution < 1.29 is 14.3 Å². The van der Waals surface area contributed by atoms with Gasteiger partial charge in [-0.2, -0.15) is 0 Å². The normalized spacial score (nSPS) is 25.0. The quantitative estimate of drug-likeness (QED) is 0.940. The van der Waals surface area contributed by atoms with Crippen LogP contribution in [0.2, 0.25) is 0 Å². The van der Waals surface area contributed by atoms with E-state index in [9.17, 15) is 9.90 Å². The van der Waals surface area contributed by atoms with Crippen molar-refractivity contribution in [2.24, 2.45) is 0 Å². The molecule has 0 bridgehead atoms. The molecule has 3 heterocycles. The fourth-order valence-corrected chi connectivity index (χ4v) is 4.04. The lowest BCUT2D eigenvalue weighted by Gasteiger charge is -2.28. The minimum absolute atomic E-state index is 0.110. The fourth-order valence-electron chi connectivity index (χ4n) is 4.04. The highest BCUT2D eigenvalue weighted by Crippen LogP contribution is 2.29. The number of aliphatic hydroxyl groups is 1. The van der Waals surface area contributed by atoms with Gasteiger partial charge in [0.2, 0.25) is 0 Å². The van der Waals surface area contributed by atoms with Crippen LogP contribution in [-0.4, -0.2) is 59.1 Å². The molecule has 24 heavy (non-hydrogen) atoms. The van der Waals surface area contributed by atoms with Crippen LogP contribution < -0.4 is 0 Å². The Bertz CT molecular complexity index is 763. The van der Waals surface area contributed by atoms with Gasteiger partial charge in [-0.1, -0.05) is 18.2 Å². The predicted molar refractivity (Wildman–Crippen MR) is 92.1 cm³/mol. The minimum Gasteiger partial charge on any atom is -0.451 e. The van der Waals surface area contributed by atoms with E-state index < -0.39 is 5.60 Å². The monoisotopic (exact) mass is 328 g/mol. The van der Waals surface area contributed by atoms with Gasteiger partial charge in [0.05, 0.1) is 12.1 Å². The molecular formula is C19H24N2O3. The third kappa shape index (κ3) is 2.72. The Hall–Kier alpha value is -1.85.